The van der Waals surface area contributed by atoms with Gasteiger partial charge in [0.1, 0.15) is 0 Å². The third kappa shape index (κ3) is 3.85. The van der Waals surface area contributed by atoms with E-state index in [0.717, 1.165) is 23.3 Å². The number of hydrogen-bond acceptors (Lipinski definition) is 5. The summed E-state index contributed by atoms with van der Waals surface area (Å²) in [5.74, 6) is 1.07. The van der Waals surface area contributed by atoms with Crippen LogP contribution in [-0.2, 0) is 0 Å². The summed E-state index contributed by atoms with van der Waals surface area (Å²) in [4.78, 5) is 11.4. The van der Waals surface area contributed by atoms with Crippen LogP contribution in [0.25, 0.3) is 10.9 Å². The molecule has 0 fully saturated rings. The Morgan fingerprint density at radius 1 is 1.38 bits per heavy atom. The van der Waals surface area contributed by atoms with Gasteiger partial charge in [0.2, 0.25) is 0 Å². The van der Waals surface area contributed by atoms with Gasteiger partial charge in [-0.1, -0.05) is 25.1 Å². The number of rotatable bonds is 7. The molecule has 0 aliphatic carbocycles. The van der Waals surface area contributed by atoms with E-state index >= 15 is 0 Å². The summed E-state index contributed by atoms with van der Waals surface area (Å²) in [5, 5.41) is 21.2. The Balaban J connectivity index is 2.31. The second-order valence-electron chi connectivity index (χ2n) is 4.78. The number of carboxylic acids is 1. The molecule has 1 aromatic heterocycles. The lowest BCUT2D eigenvalue weighted by Crippen LogP contribution is -2.19. The number of anilines is 1. The van der Waals surface area contributed by atoms with Crippen LogP contribution >= 0.6 is 11.8 Å². The predicted molar refractivity (Wildman–Crippen MR) is 87.2 cm³/mol. The number of hydrogen-bond donors (Lipinski definition) is 2. The average Bonchev–Trinajstić information content (AvgIpc) is 2.47. The van der Waals surface area contributed by atoms with Crippen molar-refractivity contribution in [3.05, 3.63) is 30.0 Å². The van der Waals surface area contributed by atoms with E-state index in [1.165, 1.54) is 0 Å². The minimum Gasteiger partial charge on any atom is -0.476 e. The SMILES string of the molecule is CCSCCC(C)Nc1c(C(=O)O)nnc2ccccc12. The summed E-state index contributed by atoms with van der Waals surface area (Å²) in [6.07, 6.45) is 0.966. The normalized spacial score (nSPS) is 12.3. The Kier molecular flexibility index (Phi) is 5.38. The number of fused-ring (bicyclic) bond motifs is 1. The Hall–Kier alpha value is -1.82. The minimum atomic E-state index is -1.06. The number of benzene rings is 1. The van der Waals surface area contributed by atoms with E-state index in [4.69, 9.17) is 0 Å². The molecule has 0 radical (unpaired) electrons. The Bertz CT molecular complexity index is 633. The molecule has 1 atom stereocenters. The summed E-state index contributed by atoms with van der Waals surface area (Å²) in [7, 11) is 0. The maximum absolute atomic E-state index is 11.4. The van der Waals surface area contributed by atoms with E-state index in [-0.39, 0.29) is 11.7 Å². The Morgan fingerprint density at radius 3 is 2.86 bits per heavy atom. The first-order valence-electron chi connectivity index (χ1n) is 6.96. The van der Waals surface area contributed by atoms with Gasteiger partial charge < -0.3 is 10.4 Å². The van der Waals surface area contributed by atoms with Gasteiger partial charge in [-0.15, -0.1) is 10.2 Å². The van der Waals surface area contributed by atoms with Gasteiger partial charge in [0.15, 0.2) is 5.69 Å². The minimum absolute atomic E-state index is 0.0244. The van der Waals surface area contributed by atoms with Crippen molar-refractivity contribution in [3.8, 4) is 0 Å². The fraction of sp³-hybridized carbons (Fsp3) is 0.400. The molecular weight excluding hydrogens is 286 g/mol. The summed E-state index contributed by atoms with van der Waals surface area (Å²) >= 11 is 1.88. The zero-order chi connectivity index (χ0) is 15.2. The second kappa shape index (κ2) is 7.26. The Morgan fingerprint density at radius 2 is 2.14 bits per heavy atom. The summed E-state index contributed by atoms with van der Waals surface area (Å²) in [5.41, 5.74) is 1.23. The molecule has 5 nitrogen and oxygen atoms in total. The first-order chi connectivity index (χ1) is 10.1. The van der Waals surface area contributed by atoms with Crippen molar-refractivity contribution < 1.29 is 9.90 Å². The maximum atomic E-state index is 11.4. The second-order valence-corrected chi connectivity index (χ2v) is 6.17. The van der Waals surface area contributed by atoms with Gasteiger partial charge in [0, 0.05) is 11.4 Å². The van der Waals surface area contributed by atoms with Crippen LogP contribution < -0.4 is 5.32 Å². The van der Waals surface area contributed by atoms with E-state index in [0.29, 0.717) is 11.2 Å². The van der Waals surface area contributed by atoms with Crippen molar-refractivity contribution in [3.63, 3.8) is 0 Å². The fourth-order valence-corrected chi connectivity index (χ4v) is 2.88. The van der Waals surface area contributed by atoms with Crippen molar-refractivity contribution in [1.29, 1.82) is 0 Å². The van der Waals surface area contributed by atoms with E-state index in [1.807, 2.05) is 36.0 Å². The molecule has 1 heterocycles. The van der Waals surface area contributed by atoms with Crippen molar-refractivity contribution >= 4 is 34.3 Å². The summed E-state index contributed by atoms with van der Waals surface area (Å²) in [6.45, 7) is 4.18. The molecule has 21 heavy (non-hydrogen) atoms. The molecule has 0 saturated carbocycles. The number of aromatic nitrogens is 2. The molecule has 1 unspecified atom stereocenters. The van der Waals surface area contributed by atoms with E-state index in [9.17, 15) is 9.90 Å². The highest BCUT2D eigenvalue weighted by Crippen LogP contribution is 2.25. The van der Waals surface area contributed by atoms with Gasteiger partial charge in [0.25, 0.3) is 0 Å². The molecule has 112 valence electrons. The average molecular weight is 305 g/mol. The van der Waals surface area contributed by atoms with Crippen LogP contribution in [0.3, 0.4) is 0 Å². The van der Waals surface area contributed by atoms with Gasteiger partial charge >= 0.3 is 5.97 Å². The van der Waals surface area contributed by atoms with Crippen LogP contribution in [0.1, 0.15) is 30.8 Å². The quantitative estimate of drug-likeness (QED) is 0.765. The number of carboxylic acid groups (broad SMARTS) is 1. The van der Waals surface area contributed by atoms with Crippen molar-refractivity contribution in [2.24, 2.45) is 0 Å². The van der Waals surface area contributed by atoms with Crippen LogP contribution in [-0.4, -0.2) is 38.8 Å². The molecule has 0 amide bonds. The number of aromatic carboxylic acids is 1. The van der Waals surface area contributed by atoms with Gasteiger partial charge in [-0.25, -0.2) is 4.79 Å². The lowest BCUT2D eigenvalue weighted by atomic mass is 10.1. The van der Waals surface area contributed by atoms with Gasteiger partial charge in [-0.2, -0.15) is 11.8 Å². The molecule has 1 aromatic carbocycles. The number of carbonyl (C=O) groups is 1. The molecule has 2 N–H and O–H groups in total. The van der Waals surface area contributed by atoms with Crippen LogP contribution in [0.4, 0.5) is 5.69 Å². The van der Waals surface area contributed by atoms with Gasteiger partial charge in [-0.05, 0) is 30.9 Å². The number of nitrogens with one attached hydrogen (secondary N) is 1. The topological polar surface area (TPSA) is 75.1 Å². The van der Waals surface area contributed by atoms with Gasteiger partial charge in [-0.3, -0.25) is 0 Å². The summed E-state index contributed by atoms with van der Waals surface area (Å²) in [6, 6.07) is 7.61. The fourth-order valence-electron chi connectivity index (χ4n) is 2.07. The van der Waals surface area contributed by atoms with Crippen molar-refractivity contribution in [1.82, 2.24) is 10.2 Å². The molecule has 0 saturated heterocycles. The molecule has 0 aliphatic heterocycles. The highest BCUT2D eigenvalue weighted by atomic mass is 32.2. The molecule has 6 heteroatoms. The smallest absolute Gasteiger partial charge is 0.358 e. The van der Waals surface area contributed by atoms with Crippen molar-refractivity contribution in [2.75, 3.05) is 16.8 Å². The molecule has 0 bridgehead atoms. The third-order valence-corrected chi connectivity index (χ3v) is 4.09. The lowest BCUT2D eigenvalue weighted by molar-refractivity contribution is 0.0690. The van der Waals surface area contributed by atoms with E-state index in [2.05, 4.69) is 29.4 Å². The Labute approximate surface area is 128 Å². The van der Waals surface area contributed by atoms with E-state index in [1.54, 1.807) is 0 Å². The van der Waals surface area contributed by atoms with Crippen LogP contribution in [0, 0.1) is 0 Å². The first-order valence-corrected chi connectivity index (χ1v) is 8.12. The predicted octanol–water partition coefficient (Wildman–Crippen LogP) is 3.27. The standard InChI is InChI=1S/C15H19N3O2S/c1-3-21-9-8-10(2)16-13-11-6-4-5-7-12(11)17-18-14(13)15(19)20/h4-7,10H,3,8-9H2,1-2H3,(H,16,17)(H,19,20). The van der Waals surface area contributed by atoms with Gasteiger partial charge in [0.05, 0.1) is 11.2 Å². The largest absolute Gasteiger partial charge is 0.476 e. The molecular formula is C15H19N3O2S. The molecule has 2 aromatic rings. The zero-order valence-corrected chi connectivity index (χ0v) is 13.0. The first kappa shape index (κ1) is 15.6. The number of nitrogens with zero attached hydrogens (tertiary/aromatic N) is 2. The van der Waals surface area contributed by atoms with Crippen LogP contribution in [0.2, 0.25) is 0 Å². The third-order valence-electron chi connectivity index (χ3n) is 3.16. The number of thioether (sulfide) groups is 1. The lowest BCUT2D eigenvalue weighted by Gasteiger charge is -2.17. The van der Waals surface area contributed by atoms with Crippen molar-refractivity contribution in [2.45, 2.75) is 26.3 Å². The zero-order valence-electron chi connectivity index (χ0n) is 12.2. The highest BCUT2D eigenvalue weighted by molar-refractivity contribution is 7.99. The monoisotopic (exact) mass is 305 g/mol. The molecule has 0 spiro atoms. The molecule has 2 rings (SSSR count). The van der Waals surface area contributed by atoms with E-state index < -0.39 is 5.97 Å². The maximum Gasteiger partial charge on any atom is 0.358 e. The van der Waals surface area contributed by atoms with Crippen LogP contribution in [0.5, 0.6) is 0 Å². The summed E-state index contributed by atoms with van der Waals surface area (Å²) < 4.78 is 0. The highest BCUT2D eigenvalue weighted by Gasteiger charge is 2.17. The van der Waals surface area contributed by atoms with Crippen LogP contribution in [0.15, 0.2) is 24.3 Å². The molecule has 0 aliphatic rings.